The third-order valence-electron chi connectivity index (χ3n) is 3.96. The summed E-state index contributed by atoms with van der Waals surface area (Å²) in [4.78, 5) is 0. The number of rotatable bonds is 4. The molecule has 110 valence electrons. The van der Waals surface area contributed by atoms with Crippen molar-refractivity contribution in [3.63, 3.8) is 0 Å². The summed E-state index contributed by atoms with van der Waals surface area (Å²) in [7, 11) is 1.89. The van der Waals surface area contributed by atoms with E-state index < -0.39 is 0 Å². The molecule has 0 aliphatic carbocycles. The number of hydrogen-bond donors (Lipinski definition) is 1. The first kappa shape index (κ1) is 14.4. The molecule has 1 heterocycles. The van der Waals surface area contributed by atoms with E-state index in [1.165, 1.54) is 11.6 Å². The number of benzene rings is 2. The van der Waals surface area contributed by atoms with Crippen LogP contribution in [-0.2, 0) is 12.8 Å². The van der Waals surface area contributed by atoms with Crippen molar-refractivity contribution in [1.29, 1.82) is 0 Å². The molecule has 0 spiro atoms. The van der Waals surface area contributed by atoms with Crippen molar-refractivity contribution in [1.82, 2.24) is 5.32 Å². The van der Waals surface area contributed by atoms with Crippen molar-refractivity contribution in [2.24, 2.45) is 0 Å². The van der Waals surface area contributed by atoms with Crippen molar-refractivity contribution in [2.75, 3.05) is 7.05 Å². The van der Waals surface area contributed by atoms with Crippen LogP contribution >= 0.6 is 11.6 Å². The maximum absolute atomic E-state index is 13.5. The zero-order chi connectivity index (χ0) is 14.8. The molecule has 2 nitrogen and oxygen atoms in total. The van der Waals surface area contributed by atoms with Crippen LogP contribution in [0.4, 0.5) is 4.39 Å². The predicted octanol–water partition coefficient (Wildman–Crippen LogP) is 3.61. The highest BCUT2D eigenvalue weighted by Gasteiger charge is 2.29. The lowest BCUT2D eigenvalue weighted by Crippen LogP contribution is -2.42. The van der Waals surface area contributed by atoms with Gasteiger partial charge in [-0.05, 0) is 36.7 Å². The molecule has 0 saturated carbocycles. The van der Waals surface area contributed by atoms with E-state index in [-0.39, 0.29) is 23.0 Å². The Bertz CT molecular complexity index is 621. The van der Waals surface area contributed by atoms with Gasteiger partial charge in [-0.1, -0.05) is 41.9 Å². The van der Waals surface area contributed by atoms with Crippen LogP contribution in [0.3, 0.4) is 0 Å². The van der Waals surface area contributed by atoms with E-state index in [0.29, 0.717) is 6.42 Å². The Balaban J connectivity index is 1.77. The number of hydrogen-bond acceptors (Lipinski definition) is 2. The SMILES string of the molecule is CNC(Cc1cccc(F)c1Cl)C1Cc2ccccc2O1. The van der Waals surface area contributed by atoms with E-state index in [1.54, 1.807) is 6.07 Å². The normalized spacial score (nSPS) is 18.1. The van der Waals surface area contributed by atoms with Gasteiger partial charge >= 0.3 is 0 Å². The average Bonchev–Trinajstić information content (AvgIpc) is 2.92. The van der Waals surface area contributed by atoms with Crippen molar-refractivity contribution in [3.8, 4) is 5.75 Å². The van der Waals surface area contributed by atoms with Gasteiger partial charge < -0.3 is 10.1 Å². The Hall–Kier alpha value is -1.58. The molecule has 2 aromatic carbocycles. The molecule has 0 amide bonds. The van der Waals surface area contributed by atoms with Crippen molar-refractivity contribution in [2.45, 2.75) is 25.0 Å². The van der Waals surface area contributed by atoms with Gasteiger partial charge in [0.15, 0.2) is 0 Å². The van der Waals surface area contributed by atoms with Gasteiger partial charge in [-0.15, -0.1) is 0 Å². The highest BCUT2D eigenvalue weighted by atomic mass is 35.5. The summed E-state index contributed by atoms with van der Waals surface area (Å²) in [6, 6.07) is 13.1. The smallest absolute Gasteiger partial charge is 0.142 e. The number of fused-ring (bicyclic) bond motifs is 1. The van der Waals surface area contributed by atoms with Crippen LogP contribution in [0, 0.1) is 5.82 Å². The van der Waals surface area contributed by atoms with E-state index in [2.05, 4.69) is 11.4 Å². The molecule has 4 heteroatoms. The molecule has 2 aromatic rings. The summed E-state index contributed by atoms with van der Waals surface area (Å²) >= 11 is 6.05. The van der Waals surface area contributed by atoms with Crippen molar-refractivity contribution >= 4 is 11.6 Å². The molecule has 0 bridgehead atoms. The van der Waals surface area contributed by atoms with Crippen LogP contribution < -0.4 is 10.1 Å². The van der Waals surface area contributed by atoms with Gasteiger partial charge in [0, 0.05) is 12.5 Å². The first-order valence-electron chi connectivity index (χ1n) is 7.03. The summed E-state index contributed by atoms with van der Waals surface area (Å²) < 4.78 is 19.5. The molecule has 1 N–H and O–H groups in total. The molecule has 1 aliphatic heterocycles. The van der Waals surface area contributed by atoms with Crippen molar-refractivity contribution in [3.05, 3.63) is 64.4 Å². The first-order valence-corrected chi connectivity index (χ1v) is 7.41. The van der Waals surface area contributed by atoms with Gasteiger partial charge in [0.1, 0.15) is 17.7 Å². The van der Waals surface area contributed by atoms with Crippen LogP contribution in [0.15, 0.2) is 42.5 Å². The van der Waals surface area contributed by atoms with Crippen LogP contribution in [0.5, 0.6) is 5.75 Å². The minimum atomic E-state index is -0.375. The minimum Gasteiger partial charge on any atom is -0.488 e. The first-order chi connectivity index (χ1) is 10.2. The highest BCUT2D eigenvalue weighted by Crippen LogP contribution is 2.31. The van der Waals surface area contributed by atoms with Crippen LogP contribution in [-0.4, -0.2) is 19.2 Å². The number of nitrogens with one attached hydrogen (secondary N) is 1. The van der Waals surface area contributed by atoms with Gasteiger partial charge in [0.2, 0.25) is 0 Å². The summed E-state index contributed by atoms with van der Waals surface area (Å²) in [6.45, 7) is 0. The fraction of sp³-hybridized carbons (Fsp3) is 0.294. The van der Waals surface area contributed by atoms with Gasteiger partial charge in [-0.25, -0.2) is 4.39 Å². The molecule has 2 unspecified atom stereocenters. The van der Waals surface area contributed by atoms with Crippen molar-refractivity contribution < 1.29 is 9.13 Å². The van der Waals surface area contributed by atoms with Crippen LogP contribution in [0.1, 0.15) is 11.1 Å². The molecule has 2 atom stereocenters. The number of para-hydroxylation sites is 1. The molecular formula is C17H17ClFNO. The monoisotopic (exact) mass is 305 g/mol. The maximum Gasteiger partial charge on any atom is 0.142 e. The zero-order valence-corrected chi connectivity index (χ0v) is 12.5. The maximum atomic E-state index is 13.5. The quantitative estimate of drug-likeness (QED) is 0.931. The fourth-order valence-electron chi connectivity index (χ4n) is 2.80. The van der Waals surface area contributed by atoms with Crippen LogP contribution in [0.25, 0.3) is 0 Å². The summed E-state index contributed by atoms with van der Waals surface area (Å²) in [5, 5.41) is 3.47. The van der Waals surface area contributed by atoms with Gasteiger partial charge in [-0.3, -0.25) is 0 Å². The fourth-order valence-corrected chi connectivity index (χ4v) is 3.00. The molecule has 0 saturated heterocycles. The third-order valence-corrected chi connectivity index (χ3v) is 4.39. The Kier molecular flexibility index (Phi) is 4.13. The molecule has 0 fully saturated rings. The predicted molar refractivity (Wildman–Crippen MR) is 82.5 cm³/mol. The van der Waals surface area contributed by atoms with E-state index in [9.17, 15) is 4.39 Å². The lowest BCUT2D eigenvalue weighted by molar-refractivity contribution is 0.182. The Morgan fingerprint density at radius 3 is 2.86 bits per heavy atom. The Morgan fingerprint density at radius 2 is 2.10 bits per heavy atom. The number of ether oxygens (including phenoxy) is 1. The molecule has 0 aromatic heterocycles. The molecule has 3 rings (SSSR count). The van der Waals surface area contributed by atoms with E-state index >= 15 is 0 Å². The Labute approximate surface area is 128 Å². The lowest BCUT2D eigenvalue weighted by Gasteiger charge is -2.23. The molecule has 21 heavy (non-hydrogen) atoms. The zero-order valence-electron chi connectivity index (χ0n) is 11.8. The average molecular weight is 306 g/mol. The highest BCUT2D eigenvalue weighted by molar-refractivity contribution is 6.31. The van der Waals surface area contributed by atoms with Crippen LogP contribution in [0.2, 0.25) is 5.02 Å². The summed E-state index contributed by atoms with van der Waals surface area (Å²) in [6.07, 6.45) is 1.52. The summed E-state index contributed by atoms with van der Waals surface area (Å²) in [5.74, 6) is 0.563. The van der Waals surface area contributed by atoms with E-state index in [0.717, 1.165) is 17.7 Å². The number of likely N-dealkylation sites (N-methyl/N-ethyl adjacent to an activating group) is 1. The minimum absolute atomic E-state index is 0.0340. The molecule has 1 aliphatic rings. The second-order valence-corrected chi connectivity index (χ2v) is 5.66. The van der Waals surface area contributed by atoms with Gasteiger partial charge in [-0.2, -0.15) is 0 Å². The summed E-state index contributed by atoms with van der Waals surface area (Å²) in [5.41, 5.74) is 2.02. The Morgan fingerprint density at radius 1 is 1.29 bits per heavy atom. The topological polar surface area (TPSA) is 21.3 Å². The molecule has 0 radical (unpaired) electrons. The second-order valence-electron chi connectivity index (χ2n) is 5.28. The number of halogens is 2. The molecular weight excluding hydrogens is 289 g/mol. The van der Waals surface area contributed by atoms with Gasteiger partial charge in [0.25, 0.3) is 0 Å². The standard InChI is InChI=1S/C17H17ClFNO/c1-20-14(9-12-6-4-7-13(19)17(12)18)16-10-11-5-2-3-8-15(11)21-16/h2-8,14,16,20H,9-10H2,1H3. The largest absolute Gasteiger partial charge is 0.488 e. The van der Waals surface area contributed by atoms with E-state index in [4.69, 9.17) is 16.3 Å². The third kappa shape index (κ3) is 2.89. The van der Waals surface area contributed by atoms with E-state index in [1.807, 2.05) is 31.3 Å². The second kappa shape index (κ2) is 6.04. The van der Waals surface area contributed by atoms with Gasteiger partial charge in [0.05, 0.1) is 5.02 Å². The lowest BCUT2D eigenvalue weighted by atomic mass is 9.98.